The summed E-state index contributed by atoms with van der Waals surface area (Å²) in [5, 5.41) is 10.9. The summed E-state index contributed by atoms with van der Waals surface area (Å²) < 4.78 is 0. The molecular formula is C12H9ClN2O2. The van der Waals surface area contributed by atoms with Crippen molar-refractivity contribution in [2.45, 2.75) is 0 Å². The molecule has 2 N–H and O–H groups in total. The Kier molecular flexibility index (Phi) is 2.73. The van der Waals surface area contributed by atoms with E-state index in [9.17, 15) is 4.79 Å². The number of benzene rings is 1. The number of nitrogens with one attached hydrogen (secondary N) is 1. The number of aromatic nitrogens is 2. The fraction of sp³-hybridized carbons (Fsp3) is 0. The van der Waals surface area contributed by atoms with Gasteiger partial charge >= 0.3 is 5.97 Å². The molecule has 3 aromatic rings. The molecule has 17 heavy (non-hydrogen) atoms. The number of aromatic amines is 1. The van der Waals surface area contributed by atoms with E-state index in [1.807, 2.05) is 30.3 Å². The minimum Gasteiger partial charge on any atom is -0.476 e. The van der Waals surface area contributed by atoms with Gasteiger partial charge in [0, 0.05) is 22.5 Å². The van der Waals surface area contributed by atoms with Gasteiger partial charge in [-0.25, -0.2) is 9.78 Å². The molecule has 0 amide bonds. The number of hydrogen-bond donors (Lipinski definition) is 2. The Labute approximate surface area is 103 Å². The third-order valence-electron chi connectivity index (χ3n) is 2.63. The first kappa shape index (κ1) is 11.4. The Hall–Kier alpha value is -2.07. The van der Waals surface area contributed by atoms with E-state index in [4.69, 9.17) is 5.11 Å². The van der Waals surface area contributed by atoms with Gasteiger partial charge < -0.3 is 10.1 Å². The Balaban J connectivity index is 0.00000108. The van der Waals surface area contributed by atoms with E-state index in [0.29, 0.717) is 5.52 Å². The molecule has 0 aliphatic rings. The number of rotatable bonds is 1. The molecule has 4 nitrogen and oxygen atoms in total. The van der Waals surface area contributed by atoms with Crippen LogP contribution in [-0.4, -0.2) is 21.0 Å². The van der Waals surface area contributed by atoms with Crippen LogP contribution in [0.5, 0.6) is 0 Å². The highest BCUT2D eigenvalue weighted by molar-refractivity contribution is 6.12. The highest BCUT2D eigenvalue weighted by Gasteiger charge is 2.13. The fourth-order valence-electron chi connectivity index (χ4n) is 1.94. The molecule has 0 saturated carbocycles. The average molecular weight is 249 g/mol. The SMILES string of the molecule is Cl.O=C(O)c1nccc2c1[nH]c1ccccc12. The smallest absolute Gasteiger partial charge is 0.356 e. The largest absolute Gasteiger partial charge is 0.476 e. The minimum atomic E-state index is -1.02. The highest BCUT2D eigenvalue weighted by Crippen LogP contribution is 2.26. The van der Waals surface area contributed by atoms with E-state index in [1.165, 1.54) is 6.20 Å². The van der Waals surface area contributed by atoms with E-state index in [2.05, 4.69) is 9.97 Å². The molecule has 0 unspecified atom stereocenters. The maximum Gasteiger partial charge on any atom is 0.356 e. The first-order valence-corrected chi connectivity index (χ1v) is 4.86. The molecule has 0 saturated heterocycles. The second kappa shape index (κ2) is 4.07. The van der Waals surface area contributed by atoms with Gasteiger partial charge in [-0.3, -0.25) is 0 Å². The normalized spacial score (nSPS) is 10.4. The second-order valence-corrected chi connectivity index (χ2v) is 3.56. The second-order valence-electron chi connectivity index (χ2n) is 3.56. The third kappa shape index (κ3) is 1.62. The van der Waals surface area contributed by atoms with Crippen molar-refractivity contribution in [3.8, 4) is 0 Å². The number of carboxylic acid groups (broad SMARTS) is 1. The predicted octanol–water partition coefficient (Wildman–Crippen LogP) is 2.84. The predicted molar refractivity (Wildman–Crippen MR) is 67.8 cm³/mol. The Morgan fingerprint density at radius 2 is 1.94 bits per heavy atom. The van der Waals surface area contributed by atoms with Crippen molar-refractivity contribution >= 4 is 40.2 Å². The highest BCUT2D eigenvalue weighted by atomic mass is 35.5. The van der Waals surface area contributed by atoms with Crippen molar-refractivity contribution in [2.24, 2.45) is 0 Å². The van der Waals surface area contributed by atoms with Crippen molar-refractivity contribution < 1.29 is 9.90 Å². The number of pyridine rings is 1. The van der Waals surface area contributed by atoms with Gasteiger partial charge in [-0.2, -0.15) is 0 Å². The number of para-hydroxylation sites is 1. The molecule has 2 heterocycles. The number of carboxylic acids is 1. The number of H-pyrrole nitrogens is 1. The molecule has 0 fully saturated rings. The lowest BCUT2D eigenvalue weighted by Gasteiger charge is -1.94. The van der Waals surface area contributed by atoms with Crippen LogP contribution in [0.3, 0.4) is 0 Å². The topological polar surface area (TPSA) is 66.0 Å². The lowest BCUT2D eigenvalue weighted by molar-refractivity contribution is 0.0692. The van der Waals surface area contributed by atoms with Crippen LogP contribution in [0.4, 0.5) is 0 Å². The van der Waals surface area contributed by atoms with Crippen LogP contribution < -0.4 is 0 Å². The monoisotopic (exact) mass is 248 g/mol. The van der Waals surface area contributed by atoms with E-state index < -0.39 is 5.97 Å². The molecular weight excluding hydrogens is 240 g/mol. The van der Waals surface area contributed by atoms with Crippen molar-refractivity contribution in [1.29, 1.82) is 0 Å². The average Bonchev–Trinajstić information content (AvgIpc) is 2.67. The lowest BCUT2D eigenvalue weighted by Crippen LogP contribution is -2.00. The molecule has 0 radical (unpaired) electrons. The minimum absolute atomic E-state index is 0. The van der Waals surface area contributed by atoms with Crippen LogP contribution >= 0.6 is 12.4 Å². The maximum absolute atomic E-state index is 11.0. The Morgan fingerprint density at radius 1 is 1.18 bits per heavy atom. The van der Waals surface area contributed by atoms with Crippen LogP contribution in [-0.2, 0) is 0 Å². The van der Waals surface area contributed by atoms with Crippen molar-refractivity contribution in [3.05, 3.63) is 42.2 Å². The fourth-order valence-corrected chi connectivity index (χ4v) is 1.94. The number of aromatic carboxylic acids is 1. The summed E-state index contributed by atoms with van der Waals surface area (Å²) in [6, 6.07) is 9.53. The van der Waals surface area contributed by atoms with Crippen LogP contribution in [0.15, 0.2) is 36.5 Å². The summed E-state index contributed by atoms with van der Waals surface area (Å²) in [5.41, 5.74) is 1.57. The summed E-state index contributed by atoms with van der Waals surface area (Å²) in [6.07, 6.45) is 1.52. The van der Waals surface area contributed by atoms with Gasteiger partial charge in [0.05, 0.1) is 5.52 Å². The molecule has 2 aromatic heterocycles. The number of halogens is 1. The molecule has 0 atom stereocenters. The zero-order chi connectivity index (χ0) is 11.1. The van der Waals surface area contributed by atoms with Crippen LogP contribution in [0.1, 0.15) is 10.5 Å². The van der Waals surface area contributed by atoms with Crippen molar-refractivity contribution in [2.75, 3.05) is 0 Å². The third-order valence-corrected chi connectivity index (χ3v) is 2.63. The van der Waals surface area contributed by atoms with Crippen LogP contribution in [0, 0.1) is 0 Å². The van der Waals surface area contributed by atoms with Gasteiger partial charge in [0.1, 0.15) is 0 Å². The van der Waals surface area contributed by atoms with Gasteiger partial charge in [-0.05, 0) is 12.1 Å². The number of hydrogen-bond acceptors (Lipinski definition) is 2. The molecule has 0 aliphatic heterocycles. The van der Waals surface area contributed by atoms with Crippen LogP contribution in [0.25, 0.3) is 21.8 Å². The zero-order valence-corrected chi connectivity index (χ0v) is 9.49. The van der Waals surface area contributed by atoms with E-state index in [0.717, 1.165) is 16.3 Å². The maximum atomic E-state index is 11.0. The van der Waals surface area contributed by atoms with E-state index >= 15 is 0 Å². The number of fused-ring (bicyclic) bond motifs is 3. The Morgan fingerprint density at radius 3 is 2.71 bits per heavy atom. The van der Waals surface area contributed by atoms with Gasteiger partial charge in [-0.15, -0.1) is 12.4 Å². The first-order valence-electron chi connectivity index (χ1n) is 4.86. The summed E-state index contributed by atoms with van der Waals surface area (Å²) in [7, 11) is 0. The zero-order valence-electron chi connectivity index (χ0n) is 8.68. The summed E-state index contributed by atoms with van der Waals surface area (Å²) >= 11 is 0. The molecule has 86 valence electrons. The van der Waals surface area contributed by atoms with E-state index in [1.54, 1.807) is 0 Å². The summed E-state index contributed by atoms with van der Waals surface area (Å²) in [4.78, 5) is 18.0. The van der Waals surface area contributed by atoms with Crippen molar-refractivity contribution in [1.82, 2.24) is 9.97 Å². The quantitative estimate of drug-likeness (QED) is 0.696. The number of carbonyl (C=O) groups is 1. The van der Waals surface area contributed by atoms with Gasteiger partial charge in [0.15, 0.2) is 5.69 Å². The molecule has 0 spiro atoms. The molecule has 5 heteroatoms. The van der Waals surface area contributed by atoms with E-state index in [-0.39, 0.29) is 18.1 Å². The first-order chi connectivity index (χ1) is 7.77. The van der Waals surface area contributed by atoms with Gasteiger partial charge in [-0.1, -0.05) is 18.2 Å². The summed E-state index contributed by atoms with van der Waals surface area (Å²) in [6.45, 7) is 0. The Bertz CT molecular complexity index is 706. The van der Waals surface area contributed by atoms with Gasteiger partial charge in [0.2, 0.25) is 0 Å². The summed E-state index contributed by atoms with van der Waals surface area (Å²) in [5.74, 6) is -1.02. The number of nitrogens with zero attached hydrogens (tertiary/aromatic N) is 1. The molecule has 1 aromatic carbocycles. The van der Waals surface area contributed by atoms with Crippen molar-refractivity contribution in [3.63, 3.8) is 0 Å². The van der Waals surface area contributed by atoms with Gasteiger partial charge in [0.25, 0.3) is 0 Å². The molecule has 0 aliphatic carbocycles. The molecule has 3 rings (SSSR count). The standard InChI is InChI=1S/C12H8N2O2.ClH/c15-12(16)11-10-8(5-6-13-11)7-3-1-2-4-9(7)14-10;/h1-6,14H,(H,15,16);1H. The lowest BCUT2D eigenvalue weighted by atomic mass is 10.1. The van der Waals surface area contributed by atoms with Crippen LogP contribution in [0.2, 0.25) is 0 Å². The molecule has 0 bridgehead atoms.